The van der Waals surface area contributed by atoms with Crippen molar-refractivity contribution in [2.24, 2.45) is 0 Å². The van der Waals surface area contributed by atoms with Crippen LogP contribution in [0, 0.1) is 0 Å². The van der Waals surface area contributed by atoms with Crippen LogP contribution in [0.5, 0.6) is 0 Å². The maximum atomic E-state index is 12.4. The zero-order valence-corrected chi connectivity index (χ0v) is 15.3. The van der Waals surface area contributed by atoms with Crippen LogP contribution in [0.3, 0.4) is 0 Å². The second kappa shape index (κ2) is 7.12. The second-order valence-electron chi connectivity index (χ2n) is 7.39. The molecule has 0 spiro atoms. The Hall–Kier alpha value is -2.95. The van der Waals surface area contributed by atoms with Crippen molar-refractivity contribution in [1.82, 2.24) is 9.55 Å². The van der Waals surface area contributed by atoms with Gasteiger partial charge < -0.3 is 5.32 Å². The van der Waals surface area contributed by atoms with E-state index in [1.807, 2.05) is 36.4 Å². The molecule has 1 aromatic heterocycles. The lowest BCUT2D eigenvalue weighted by Gasteiger charge is -2.19. The number of nitrogens with one attached hydrogen (secondary N) is 1. The van der Waals surface area contributed by atoms with Gasteiger partial charge in [-0.05, 0) is 35.2 Å². The zero-order valence-electron chi connectivity index (χ0n) is 15.3. The number of amides is 1. The van der Waals surface area contributed by atoms with E-state index >= 15 is 0 Å². The van der Waals surface area contributed by atoms with Crippen LogP contribution in [0.4, 0.5) is 5.69 Å². The molecular formula is C21H23N3O2. The van der Waals surface area contributed by atoms with E-state index in [1.54, 1.807) is 12.1 Å². The average molecular weight is 349 g/mol. The first-order valence-corrected chi connectivity index (χ1v) is 8.69. The van der Waals surface area contributed by atoms with Crippen LogP contribution < -0.4 is 10.9 Å². The predicted octanol–water partition coefficient (Wildman–Crippen LogP) is 3.72. The lowest BCUT2D eigenvalue weighted by Crippen LogP contribution is -2.23. The van der Waals surface area contributed by atoms with E-state index in [9.17, 15) is 9.59 Å². The van der Waals surface area contributed by atoms with E-state index in [-0.39, 0.29) is 23.3 Å². The maximum Gasteiger partial charge on any atom is 0.261 e. The summed E-state index contributed by atoms with van der Waals surface area (Å²) in [5.74, 6) is -0.131. The number of nitrogens with zero attached hydrogens (tertiary/aromatic N) is 2. The molecule has 1 heterocycles. The van der Waals surface area contributed by atoms with Gasteiger partial charge in [-0.3, -0.25) is 14.2 Å². The third-order valence-corrected chi connectivity index (χ3v) is 4.35. The van der Waals surface area contributed by atoms with Crippen LogP contribution >= 0.6 is 0 Å². The molecule has 5 nitrogen and oxygen atoms in total. The minimum absolute atomic E-state index is 0.0762. The fourth-order valence-corrected chi connectivity index (χ4v) is 2.76. The van der Waals surface area contributed by atoms with Crippen molar-refractivity contribution in [1.29, 1.82) is 0 Å². The van der Waals surface area contributed by atoms with Gasteiger partial charge in [0.15, 0.2) is 0 Å². The third kappa shape index (κ3) is 3.99. The summed E-state index contributed by atoms with van der Waals surface area (Å²) in [5, 5.41) is 3.44. The molecule has 0 unspecified atom stereocenters. The molecule has 134 valence electrons. The Balaban J connectivity index is 1.64. The van der Waals surface area contributed by atoms with Crippen LogP contribution in [0.15, 0.2) is 59.7 Å². The van der Waals surface area contributed by atoms with Gasteiger partial charge in [0.1, 0.15) is 0 Å². The fourth-order valence-electron chi connectivity index (χ4n) is 2.76. The number of carbonyl (C=O) groups excluding carboxylic acids is 1. The van der Waals surface area contributed by atoms with Crippen molar-refractivity contribution in [3.8, 4) is 0 Å². The number of rotatable bonds is 4. The van der Waals surface area contributed by atoms with Crippen LogP contribution in [-0.4, -0.2) is 15.5 Å². The number of carbonyl (C=O) groups is 1. The van der Waals surface area contributed by atoms with Gasteiger partial charge in [0.2, 0.25) is 5.91 Å². The smallest absolute Gasteiger partial charge is 0.261 e. The van der Waals surface area contributed by atoms with Crippen molar-refractivity contribution >= 4 is 22.5 Å². The van der Waals surface area contributed by atoms with Gasteiger partial charge in [0.05, 0.1) is 17.2 Å². The summed E-state index contributed by atoms with van der Waals surface area (Å²) in [6.07, 6.45) is 1.71. The van der Waals surface area contributed by atoms with Crippen LogP contribution in [0.25, 0.3) is 10.9 Å². The van der Waals surface area contributed by atoms with Gasteiger partial charge in [-0.2, -0.15) is 0 Å². The number of hydrogen-bond donors (Lipinski definition) is 1. The lowest BCUT2D eigenvalue weighted by molar-refractivity contribution is -0.116. The van der Waals surface area contributed by atoms with Gasteiger partial charge >= 0.3 is 0 Å². The highest BCUT2D eigenvalue weighted by Crippen LogP contribution is 2.23. The second-order valence-corrected chi connectivity index (χ2v) is 7.39. The summed E-state index contributed by atoms with van der Waals surface area (Å²) >= 11 is 0. The normalized spacial score (nSPS) is 11.5. The Bertz CT molecular complexity index is 983. The first kappa shape index (κ1) is 17.9. The summed E-state index contributed by atoms with van der Waals surface area (Å²) < 4.78 is 1.48. The quantitative estimate of drug-likeness (QED) is 0.781. The molecule has 0 saturated heterocycles. The van der Waals surface area contributed by atoms with Crippen LogP contribution in [0.2, 0.25) is 0 Å². The highest BCUT2D eigenvalue weighted by atomic mass is 16.1. The number of hydrogen-bond acceptors (Lipinski definition) is 3. The van der Waals surface area contributed by atoms with Crippen molar-refractivity contribution in [3.05, 3.63) is 70.8 Å². The molecule has 5 heteroatoms. The monoisotopic (exact) mass is 349 g/mol. The number of para-hydroxylation sites is 1. The minimum Gasteiger partial charge on any atom is -0.326 e. The molecule has 26 heavy (non-hydrogen) atoms. The highest BCUT2D eigenvalue weighted by molar-refractivity contribution is 5.90. The molecule has 3 rings (SSSR count). The summed E-state index contributed by atoms with van der Waals surface area (Å²) in [6, 6.07) is 15.1. The van der Waals surface area contributed by atoms with Crippen molar-refractivity contribution in [2.75, 3.05) is 5.32 Å². The molecule has 0 saturated carbocycles. The Morgan fingerprint density at radius 2 is 1.77 bits per heavy atom. The summed E-state index contributed by atoms with van der Waals surface area (Å²) in [4.78, 5) is 28.9. The average Bonchev–Trinajstić information content (AvgIpc) is 2.61. The first-order chi connectivity index (χ1) is 12.3. The van der Waals surface area contributed by atoms with Crippen LogP contribution in [0.1, 0.15) is 32.8 Å². The van der Waals surface area contributed by atoms with Gasteiger partial charge in [0.25, 0.3) is 5.56 Å². The van der Waals surface area contributed by atoms with Gasteiger partial charge in [-0.15, -0.1) is 0 Å². The number of anilines is 1. The summed E-state index contributed by atoms with van der Waals surface area (Å²) in [7, 11) is 0. The third-order valence-electron chi connectivity index (χ3n) is 4.35. The molecule has 1 N–H and O–H groups in total. The molecule has 0 aliphatic carbocycles. The number of benzene rings is 2. The Morgan fingerprint density at radius 1 is 1.08 bits per heavy atom. The van der Waals surface area contributed by atoms with Gasteiger partial charge in [-0.1, -0.05) is 45.0 Å². The predicted molar refractivity (Wildman–Crippen MR) is 104 cm³/mol. The molecule has 1 amide bonds. The molecule has 0 fully saturated rings. The summed E-state index contributed by atoms with van der Waals surface area (Å²) in [5.41, 5.74) is 2.58. The number of aromatic nitrogens is 2. The molecule has 3 aromatic rings. The number of fused-ring (bicyclic) bond motifs is 1. The SMILES string of the molecule is CC(C)(C)c1ccc(NC(=O)CCn2cnc3ccccc3c2=O)cc1. The molecule has 0 bridgehead atoms. The van der Waals surface area contributed by atoms with Crippen molar-refractivity contribution in [2.45, 2.75) is 39.2 Å². The molecule has 0 aliphatic rings. The lowest BCUT2D eigenvalue weighted by atomic mass is 9.87. The van der Waals surface area contributed by atoms with Crippen molar-refractivity contribution < 1.29 is 4.79 Å². The standard InChI is InChI=1S/C21H23N3O2/c1-21(2,3)15-8-10-16(11-9-15)23-19(25)12-13-24-14-22-18-7-5-4-6-17(18)20(24)26/h4-11,14H,12-13H2,1-3H3,(H,23,25). The van der Waals surface area contributed by atoms with E-state index in [0.29, 0.717) is 17.4 Å². The molecule has 0 atom stereocenters. The minimum atomic E-state index is -0.131. The maximum absolute atomic E-state index is 12.4. The van der Waals surface area contributed by atoms with E-state index in [1.165, 1.54) is 16.5 Å². The largest absolute Gasteiger partial charge is 0.326 e. The highest BCUT2D eigenvalue weighted by Gasteiger charge is 2.13. The van der Waals surface area contributed by atoms with Crippen LogP contribution in [-0.2, 0) is 16.8 Å². The number of aryl methyl sites for hydroxylation is 1. The van der Waals surface area contributed by atoms with E-state index in [4.69, 9.17) is 0 Å². The van der Waals surface area contributed by atoms with E-state index in [0.717, 1.165) is 5.69 Å². The molecule has 0 radical (unpaired) electrons. The van der Waals surface area contributed by atoms with Gasteiger partial charge in [-0.25, -0.2) is 4.98 Å². The van der Waals surface area contributed by atoms with E-state index < -0.39 is 0 Å². The Morgan fingerprint density at radius 3 is 2.46 bits per heavy atom. The topological polar surface area (TPSA) is 64.0 Å². The van der Waals surface area contributed by atoms with Gasteiger partial charge in [0, 0.05) is 18.7 Å². The fraction of sp³-hybridized carbons (Fsp3) is 0.286. The molecule has 2 aromatic carbocycles. The molecular weight excluding hydrogens is 326 g/mol. The first-order valence-electron chi connectivity index (χ1n) is 8.69. The zero-order chi connectivity index (χ0) is 18.7. The van der Waals surface area contributed by atoms with E-state index in [2.05, 4.69) is 31.1 Å². The summed E-state index contributed by atoms with van der Waals surface area (Å²) in [6.45, 7) is 6.74. The Kier molecular flexibility index (Phi) is 4.89. The molecule has 0 aliphatic heterocycles. The van der Waals surface area contributed by atoms with Crippen molar-refractivity contribution in [3.63, 3.8) is 0 Å². The Labute approximate surface area is 152 Å².